The molecule has 1 saturated heterocycles. The van der Waals surface area contributed by atoms with Gasteiger partial charge in [-0.15, -0.1) is 0 Å². The van der Waals surface area contributed by atoms with Gasteiger partial charge in [0, 0.05) is 35.4 Å². The molecular weight excluding hydrogens is 335 g/mol. The zero-order chi connectivity index (χ0) is 14.8. The summed E-state index contributed by atoms with van der Waals surface area (Å²) in [4.78, 5) is 10.9. The van der Waals surface area contributed by atoms with Crippen molar-refractivity contribution in [1.82, 2.24) is 9.97 Å². The van der Waals surface area contributed by atoms with Gasteiger partial charge < -0.3 is 10.6 Å². The first-order valence-corrected chi connectivity index (χ1v) is 7.72. The lowest BCUT2D eigenvalue weighted by Gasteiger charge is -2.30. The third-order valence-corrected chi connectivity index (χ3v) is 4.17. The van der Waals surface area contributed by atoms with E-state index in [0.29, 0.717) is 21.7 Å². The summed E-state index contributed by atoms with van der Waals surface area (Å²) in [6.07, 6.45) is 3.54. The van der Waals surface area contributed by atoms with Crippen molar-refractivity contribution in [1.29, 1.82) is 0 Å². The number of nitrogens with zero attached hydrogens (tertiary/aromatic N) is 3. The quantitative estimate of drug-likeness (QED) is 0.904. The Hall–Kier alpha value is -1.53. The SMILES string of the molecule is NC1CCN(c2nccc(-c3ccc(Br)cc3F)n2)CC1. The number of piperidine rings is 1. The molecule has 0 aliphatic carbocycles. The van der Waals surface area contributed by atoms with Crippen LogP contribution in [0.5, 0.6) is 0 Å². The molecule has 3 rings (SSSR count). The van der Waals surface area contributed by atoms with Gasteiger partial charge in [-0.3, -0.25) is 0 Å². The molecule has 0 radical (unpaired) electrons. The highest BCUT2D eigenvalue weighted by Crippen LogP contribution is 2.25. The minimum absolute atomic E-state index is 0.258. The Balaban J connectivity index is 1.89. The number of hydrogen-bond donors (Lipinski definition) is 1. The molecule has 1 aromatic carbocycles. The van der Waals surface area contributed by atoms with Crippen LogP contribution in [0.1, 0.15) is 12.8 Å². The van der Waals surface area contributed by atoms with Crippen molar-refractivity contribution in [2.24, 2.45) is 5.73 Å². The maximum atomic E-state index is 14.0. The topological polar surface area (TPSA) is 55.0 Å². The summed E-state index contributed by atoms with van der Waals surface area (Å²) >= 11 is 3.26. The average Bonchev–Trinajstić information content (AvgIpc) is 2.48. The van der Waals surface area contributed by atoms with Gasteiger partial charge in [0.1, 0.15) is 5.82 Å². The molecule has 1 aliphatic rings. The molecule has 110 valence electrons. The maximum Gasteiger partial charge on any atom is 0.225 e. The molecule has 2 N–H and O–H groups in total. The summed E-state index contributed by atoms with van der Waals surface area (Å²) in [7, 11) is 0. The predicted molar refractivity (Wildman–Crippen MR) is 84.5 cm³/mol. The molecule has 21 heavy (non-hydrogen) atoms. The molecule has 0 atom stereocenters. The first-order chi connectivity index (χ1) is 10.1. The molecule has 0 saturated carbocycles. The van der Waals surface area contributed by atoms with Crippen LogP contribution in [0.25, 0.3) is 11.3 Å². The van der Waals surface area contributed by atoms with Crippen molar-refractivity contribution in [2.75, 3.05) is 18.0 Å². The van der Waals surface area contributed by atoms with E-state index in [1.807, 2.05) is 0 Å². The number of halogens is 2. The predicted octanol–water partition coefficient (Wildman–Crippen LogP) is 2.97. The first kappa shape index (κ1) is 14.4. The standard InChI is InChI=1S/C15H16BrFN4/c16-10-1-2-12(13(17)9-10)14-3-6-19-15(20-14)21-7-4-11(18)5-8-21/h1-3,6,9,11H,4-5,7-8,18H2. The van der Waals surface area contributed by atoms with E-state index in [9.17, 15) is 4.39 Å². The van der Waals surface area contributed by atoms with Gasteiger partial charge in [0.25, 0.3) is 0 Å². The van der Waals surface area contributed by atoms with E-state index in [1.165, 1.54) is 6.07 Å². The maximum absolute atomic E-state index is 14.0. The van der Waals surface area contributed by atoms with Gasteiger partial charge in [-0.25, -0.2) is 14.4 Å². The number of nitrogens with two attached hydrogens (primary N) is 1. The Morgan fingerprint density at radius 2 is 2.00 bits per heavy atom. The van der Waals surface area contributed by atoms with Crippen LogP contribution in [0.3, 0.4) is 0 Å². The highest BCUT2D eigenvalue weighted by molar-refractivity contribution is 9.10. The van der Waals surface area contributed by atoms with E-state index >= 15 is 0 Å². The van der Waals surface area contributed by atoms with Gasteiger partial charge in [0.05, 0.1) is 5.69 Å². The number of anilines is 1. The van der Waals surface area contributed by atoms with Gasteiger partial charge in [0.15, 0.2) is 0 Å². The van der Waals surface area contributed by atoms with Crippen LogP contribution in [-0.2, 0) is 0 Å². The minimum atomic E-state index is -0.297. The van der Waals surface area contributed by atoms with Gasteiger partial charge in [0.2, 0.25) is 5.95 Å². The van der Waals surface area contributed by atoms with Gasteiger partial charge in [-0.2, -0.15) is 0 Å². The van der Waals surface area contributed by atoms with Crippen LogP contribution in [0.15, 0.2) is 34.9 Å². The summed E-state index contributed by atoms with van der Waals surface area (Å²) in [5, 5.41) is 0. The summed E-state index contributed by atoms with van der Waals surface area (Å²) in [5.41, 5.74) is 6.99. The van der Waals surface area contributed by atoms with Crippen molar-refractivity contribution in [3.8, 4) is 11.3 Å². The smallest absolute Gasteiger partial charge is 0.225 e. The second-order valence-corrected chi connectivity index (χ2v) is 6.11. The van der Waals surface area contributed by atoms with Crippen LogP contribution in [0.2, 0.25) is 0 Å². The van der Waals surface area contributed by atoms with Gasteiger partial charge in [-0.1, -0.05) is 15.9 Å². The lowest BCUT2D eigenvalue weighted by molar-refractivity contribution is 0.495. The van der Waals surface area contributed by atoms with Gasteiger partial charge >= 0.3 is 0 Å². The van der Waals surface area contributed by atoms with E-state index in [-0.39, 0.29) is 11.9 Å². The lowest BCUT2D eigenvalue weighted by atomic mass is 10.1. The normalized spacial score (nSPS) is 16.2. The summed E-state index contributed by atoms with van der Waals surface area (Å²) in [5.74, 6) is 0.344. The second-order valence-electron chi connectivity index (χ2n) is 5.19. The molecule has 4 nitrogen and oxygen atoms in total. The molecule has 0 amide bonds. The fourth-order valence-corrected chi connectivity index (χ4v) is 2.78. The monoisotopic (exact) mass is 350 g/mol. The van der Waals surface area contributed by atoms with Crippen LogP contribution in [-0.4, -0.2) is 29.1 Å². The summed E-state index contributed by atoms with van der Waals surface area (Å²) in [6, 6.07) is 6.95. The number of hydrogen-bond acceptors (Lipinski definition) is 4. The lowest BCUT2D eigenvalue weighted by Crippen LogP contribution is -2.40. The van der Waals surface area contributed by atoms with Crippen LogP contribution in [0.4, 0.5) is 10.3 Å². The van der Waals surface area contributed by atoms with Gasteiger partial charge in [-0.05, 0) is 37.1 Å². The van der Waals surface area contributed by atoms with Crippen molar-refractivity contribution in [3.63, 3.8) is 0 Å². The Kier molecular flexibility index (Phi) is 4.17. The van der Waals surface area contributed by atoms with Crippen LogP contribution in [0, 0.1) is 5.82 Å². The van der Waals surface area contributed by atoms with E-state index in [4.69, 9.17) is 5.73 Å². The molecule has 0 unspecified atom stereocenters. The molecule has 1 aromatic heterocycles. The molecule has 6 heteroatoms. The molecule has 1 aliphatic heterocycles. The van der Waals surface area contributed by atoms with Crippen molar-refractivity contribution in [3.05, 3.63) is 40.8 Å². The van der Waals surface area contributed by atoms with E-state index in [2.05, 4.69) is 30.8 Å². The number of aromatic nitrogens is 2. The first-order valence-electron chi connectivity index (χ1n) is 6.92. The molecule has 2 aromatic rings. The Labute approximate surface area is 131 Å². The fraction of sp³-hybridized carbons (Fsp3) is 0.333. The third-order valence-electron chi connectivity index (χ3n) is 3.67. The second kappa shape index (κ2) is 6.07. The van der Waals surface area contributed by atoms with Crippen LogP contribution >= 0.6 is 15.9 Å². The molecule has 1 fully saturated rings. The molecule has 0 spiro atoms. The summed E-state index contributed by atoms with van der Waals surface area (Å²) in [6.45, 7) is 1.68. The van der Waals surface area contributed by atoms with Crippen molar-refractivity contribution >= 4 is 21.9 Å². The number of benzene rings is 1. The highest BCUT2D eigenvalue weighted by atomic mass is 79.9. The largest absolute Gasteiger partial charge is 0.341 e. The number of rotatable bonds is 2. The van der Waals surface area contributed by atoms with Crippen LogP contribution < -0.4 is 10.6 Å². The minimum Gasteiger partial charge on any atom is -0.341 e. The zero-order valence-electron chi connectivity index (χ0n) is 11.5. The molecule has 0 bridgehead atoms. The fourth-order valence-electron chi connectivity index (χ4n) is 2.45. The van der Waals surface area contributed by atoms with E-state index < -0.39 is 0 Å². The Morgan fingerprint density at radius 1 is 1.24 bits per heavy atom. The highest BCUT2D eigenvalue weighted by Gasteiger charge is 2.19. The van der Waals surface area contributed by atoms with E-state index in [0.717, 1.165) is 25.9 Å². The summed E-state index contributed by atoms with van der Waals surface area (Å²) < 4.78 is 14.8. The van der Waals surface area contributed by atoms with E-state index in [1.54, 1.807) is 24.4 Å². The third kappa shape index (κ3) is 3.22. The molecule has 2 heterocycles. The van der Waals surface area contributed by atoms with Crippen molar-refractivity contribution < 1.29 is 4.39 Å². The van der Waals surface area contributed by atoms with Crippen molar-refractivity contribution in [2.45, 2.75) is 18.9 Å². The zero-order valence-corrected chi connectivity index (χ0v) is 13.1. The molecular formula is C15H16BrFN4. The Morgan fingerprint density at radius 3 is 2.71 bits per heavy atom. The Bertz CT molecular complexity index is 641. The average molecular weight is 351 g/mol.